The Hall–Kier alpha value is -0.610. The molecule has 0 radical (unpaired) electrons. The highest BCUT2D eigenvalue weighted by atomic mass is 127. The number of amides is 1. The Morgan fingerprint density at radius 1 is 1.32 bits per heavy atom. The quantitative estimate of drug-likeness (QED) is 0.312. The summed E-state index contributed by atoms with van der Waals surface area (Å²) >= 11 is 0. The molecule has 2 rings (SSSR count). The van der Waals surface area contributed by atoms with Gasteiger partial charge in [0.1, 0.15) is 0 Å². The fraction of sp³-hybridized carbons (Fsp3) is 0.900. The van der Waals surface area contributed by atoms with Gasteiger partial charge in [-0.05, 0) is 33.6 Å². The molecule has 2 unspecified atom stereocenters. The van der Waals surface area contributed by atoms with Gasteiger partial charge in [-0.2, -0.15) is 0 Å². The molecule has 2 fully saturated rings. The van der Waals surface area contributed by atoms with Crippen LogP contribution >= 0.6 is 24.0 Å². The van der Waals surface area contributed by atoms with E-state index in [2.05, 4.69) is 36.3 Å². The maximum absolute atomic E-state index is 12.7. The van der Waals surface area contributed by atoms with E-state index in [1.54, 1.807) is 4.90 Å². The van der Waals surface area contributed by atoms with Crippen molar-refractivity contribution in [3.63, 3.8) is 0 Å². The van der Waals surface area contributed by atoms with Crippen LogP contribution in [-0.4, -0.2) is 87.2 Å². The minimum absolute atomic E-state index is 0. The number of ether oxygens (including phenoxy) is 1. The average molecular weight is 509 g/mol. The first kappa shape index (κ1) is 25.4. The molecule has 2 aliphatic rings. The van der Waals surface area contributed by atoms with Crippen LogP contribution in [0.2, 0.25) is 0 Å². The zero-order valence-electron chi connectivity index (χ0n) is 18.3. The average Bonchev–Trinajstić information content (AvgIpc) is 3.13. The molecular formula is C20H40IN5O2. The molecule has 0 bridgehead atoms. The van der Waals surface area contributed by atoms with E-state index in [1.807, 2.05) is 14.1 Å². The first-order chi connectivity index (χ1) is 12.9. The van der Waals surface area contributed by atoms with Crippen LogP contribution < -0.4 is 10.6 Å². The van der Waals surface area contributed by atoms with E-state index in [4.69, 9.17) is 9.73 Å². The molecule has 0 spiro atoms. The molecule has 1 aliphatic heterocycles. The third-order valence-electron chi connectivity index (χ3n) is 5.85. The summed E-state index contributed by atoms with van der Waals surface area (Å²) in [5.74, 6) is 1.03. The maximum Gasteiger partial charge on any atom is 0.230 e. The molecular weight excluding hydrogens is 469 g/mol. The summed E-state index contributed by atoms with van der Waals surface area (Å²) in [5, 5.41) is 6.81. The SMILES string of the molecule is CCNC(=NCC1(C(=O)N(C)C)CCCC1)NCC(C)N1CCOCC1C.I. The highest BCUT2D eigenvalue weighted by molar-refractivity contribution is 14.0. The van der Waals surface area contributed by atoms with Crippen LogP contribution in [0.1, 0.15) is 46.5 Å². The smallest absolute Gasteiger partial charge is 0.230 e. The largest absolute Gasteiger partial charge is 0.379 e. The van der Waals surface area contributed by atoms with Gasteiger partial charge < -0.3 is 20.3 Å². The number of carbonyl (C=O) groups excluding carboxylic acids is 1. The summed E-state index contributed by atoms with van der Waals surface area (Å²) in [4.78, 5) is 21.8. The van der Waals surface area contributed by atoms with Crippen molar-refractivity contribution < 1.29 is 9.53 Å². The van der Waals surface area contributed by atoms with Gasteiger partial charge in [-0.15, -0.1) is 24.0 Å². The normalized spacial score (nSPS) is 23.6. The molecule has 1 amide bonds. The summed E-state index contributed by atoms with van der Waals surface area (Å²) in [6.45, 7) is 11.3. The fourth-order valence-corrected chi connectivity index (χ4v) is 4.29. The van der Waals surface area contributed by atoms with E-state index in [9.17, 15) is 4.79 Å². The standard InChI is InChI=1S/C20H39N5O2.HI/c1-6-21-19(22-13-16(2)25-11-12-27-14-17(25)3)23-15-20(9-7-8-10-20)18(26)24(4)5;/h16-17H,6-15H2,1-5H3,(H2,21,22,23);1H. The second-order valence-electron chi connectivity index (χ2n) is 8.27. The molecule has 8 heteroatoms. The molecule has 0 aromatic rings. The lowest BCUT2D eigenvalue weighted by Crippen LogP contribution is -2.53. The Balaban J connectivity index is 0.00000392. The first-order valence-electron chi connectivity index (χ1n) is 10.5. The maximum atomic E-state index is 12.7. The number of guanidine groups is 1. The van der Waals surface area contributed by atoms with Gasteiger partial charge in [-0.1, -0.05) is 12.8 Å². The molecule has 0 aromatic carbocycles. The van der Waals surface area contributed by atoms with Crippen molar-refractivity contribution in [1.29, 1.82) is 0 Å². The topological polar surface area (TPSA) is 69.2 Å². The third-order valence-corrected chi connectivity index (χ3v) is 5.85. The van der Waals surface area contributed by atoms with E-state index in [-0.39, 0.29) is 35.3 Å². The molecule has 28 heavy (non-hydrogen) atoms. The second kappa shape index (κ2) is 12.2. The predicted molar refractivity (Wildman–Crippen MR) is 125 cm³/mol. The molecule has 0 aromatic heterocycles. The highest BCUT2D eigenvalue weighted by Crippen LogP contribution is 2.39. The van der Waals surface area contributed by atoms with Gasteiger partial charge in [0.2, 0.25) is 5.91 Å². The van der Waals surface area contributed by atoms with Gasteiger partial charge in [0, 0.05) is 45.8 Å². The summed E-state index contributed by atoms with van der Waals surface area (Å²) in [6.07, 6.45) is 4.11. The number of morpholine rings is 1. The Morgan fingerprint density at radius 2 is 2.00 bits per heavy atom. The van der Waals surface area contributed by atoms with Crippen LogP contribution in [0.5, 0.6) is 0 Å². The Labute approximate surface area is 188 Å². The van der Waals surface area contributed by atoms with Crippen molar-refractivity contribution >= 4 is 35.8 Å². The van der Waals surface area contributed by atoms with E-state index in [1.165, 1.54) is 0 Å². The van der Waals surface area contributed by atoms with Gasteiger partial charge in [0.15, 0.2) is 5.96 Å². The number of hydrogen-bond donors (Lipinski definition) is 2. The van der Waals surface area contributed by atoms with Crippen molar-refractivity contribution in [3.05, 3.63) is 0 Å². The van der Waals surface area contributed by atoms with E-state index in [0.717, 1.165) is 64.5 Å². The highest BCUT2D eigenvalue weighted by Gasteiger charge is 2.42. The van der Waals surface area contributed by atoms with Crippen LogP contribution in [0.15, 0.2) is 4.99 Å². The van der Waals surface area contributed by atoms with Gasteiger partial charge in [-0.25, -0.2) is 0 Å². The summed E-state index contributed by atoms with van der Waals surface area (Å²) in [7, 11) is 3.70. The molecule has 1 aliphatic carbocycles. The Morgan fingerprint density at radius 3 is 2.57 bits per heavy atom. The van der Waals surface area contributed by atoms with Gasteiger partial charge in [-0.3, -0.25) is 14.7 Å². The number of aliphatic imine (C=N–C) groups is 1. The number of halogens is 1. The molecule has 2 N–H and O–H groups in total. The Bertz CT molecular complexity index is 509. The van der Waals surface area contributed by atoms with Crippen LogP contribution in [-0.2, 0) is 9.53 Å². The number of carbonyl (C=O) groups is 1. The molecule has 1 saturated heterocycles. The molecule has 2 atom stereocenters. The zero-order valence-corrected chi connectivity index (χ0v) is 20.6. The number of hydrogen-bond acceptors (Lipinski definition) is 4. The lowest BCUT2D eigenvalue weighted by atomic mass is 9.85. The van der Waals surface area contributed by atoms with E-state index >= 15 is 0 Å². The minimum Gasteiger partial charge on any atom is -0.379 e. The van der Waals surface area contributed by atoms with Crippen LogP contribution in [0, 0.1) is 5.41 Å². The summed E-state index contributed by atoms with van der Waals surface area (Å²) in [5.41, 5.74) is -0.323. The van der Waals surface area contributed by atoms with E-state index in [0.29, 0.717) is 18.6 Å². The Kier molecular flexibility index (Phi) is 11.1. The van der Waals surface area contributed by atoms with Gasteiger partial charge in [0.25, 0.3) is 0 Å². The first-order valence-corrected chi connectivity index (χ1v) is 10.5. The van der Waals surface area contributed by atoms with Crippen LogP contribution in [0.4, 0.5) is 0 Å². The minimum atomic E-state index is -0.323. The number of rotatable bonds is 7. The molecule has 164 valence electrons. The van der Waals surface area contributed by atoms with Crippen molar-refractivity contribution in [1.82, 2.24) is 20.4 Å². The third kappa shape index (κ3) is 6.73. The van der Waals surface area contributed by atoms with Crippen molar-refractivity contribution in [3.8, 4) is 0 Å². The summed E-state index contributed by atoms with van der Waals surface area (Å²) < 4.78 is 5.54. The predicted octanol–water partition coefficient (Wildman–Crippen LogP) is 1.92. The fourth-order valence-electron chi connectivity index (χ4n) is 4.29. The number of nitrogens with zero attached hydrogens (tertiary/aromatic N) is 3. The van der Waals surface area contributed by atoms with Crippen LogP contribution in [0.25, 0.3) is 0 Å². The lowest BCUT2D eigenvalue weighted by Gasteiger charge is -2.38. The molecule has 1 heterocycles. The van der Waals surface area contributed by atoms with Gasteiger partial charge >= 0.3 is 0 Å². The monoisotopic (exact) mass is 509 g/mol. The molecule has 7 nitrogen and oxygen atoms in total. The van der Waals surface area contributed by atoms with Crippen molar-refractivity contribution in [2.24, 2.45) is 10.4 Å². The number of nitrogens with one attached hydrogen (secondary N) is 2. The van der Waals surface area contributed by atoms with Crippen LogP contribution in [0.3, 0.4) is 0 Å². The zero-order chi connectivity index (χ0) is 19.9. The van der Waals surface area contributed by atoms with Crippen molar-refractivity contribution in [2.75, 3.05) is 53.5 Å². The van der Waals surface area contributed by atoms with Crippen molar-refractivity contribution in [2.45, 2.75) is 58.5 Å². The molecule has 1 saturated carbocycles. The van der Waals surface area contributed by atoms with E-state index < -0.39 is 0 Å². The summed E-state index contributed by atoms with van der Waals surface area (Å²) in [6, 6.07) is 0.839. The second-order valence-corrected chi connectivity index (χ2v) is 8.27. The van der Waals surface area contributed by atoms with Gasteiger partial charge in [0.05, 0.1) is 25.2 Å². The lowest BCUT2D eigenvalue weighted by molar-refractivity contribution is -0.138.